The van der Waals surface area contributed by atoms with Gasteiger partial charge < -0.3 is 24.8 Å². The topological polar surface area (TPSA) is 92.6 Å². The molecule has 2 N–H and O–H groups in total. The quantitative estimate of drug-likeness (QED) is 0.192. The smallest absolute Gasteiger partial charge is 0.267 e. The summed E-state index contributed by atoms with van der Waals surface area (Å²) in [5.41, 5.74) is 0.817. The molecular formula is C20H18Cl2IN3O4. The zero-order valence-electron chi connectivity index (χ0n) is 16.1. The summed E-state index contributed by atoms with van der Waals surface area (Å²) < 4.78 is 16.5. The van der Waals surface area contributed by atoms with Crippen LogP contribution in [0.4, 0.5) is 11.4 Å². The molecule has 0 saturated carbocycles. The predicted molar refractivity (Wildman–Crippen MR) is 125 cm³/mol. The van der Waals surface area contributed by atoms with Gasteiger partial charge in [-0.2, -0.15) is 5.26 Å². The number of benzene rings is 2. The Bertz CT molecular complexity index is 993. The molecule has 30 heavy (non-hydrogen) atoms. The molecule has 158 valence electrons. The van der Waals surface area contributed by atoms with Crippen LogP contribution in [0, 0.1) is 14.9 Å². The molecule has 0 aliphatic rings. The van der Waals surface area contributed by atoms with Crippen LogP contribution in [0.15, 0.2) is 42.1 Å². The number of nitriles is 1. The fraction of sp³-hybridized carbons (Fsp3) is 0.200. The molecule has 2 aromatic rings. The molecule has 10 heteroatoms. The minimum absolute atomic E-state index is 0.143. The molecule has 2 aromatic carbocycles. The number of anilines is 2. The number of hydrogen-bond donors (Lipinski definition) is 2. The first-order chi connectivity index (χ1) is 14.4. The van der Waals surface area contributed by atoms with Gasteiger partial charge in [0.15, 0.2) is 0 Å². The second kappa shape index (κ2) is 11.9. The van der Waals surface area contributed by atoms with E-state index in [1.54, 1.807) is 19.2 Å². The van der Waals surface area contributed by atoms with Crippen LogP contribution in [0.1, 0.15) is 0 Å². The molecule has 1 amide bonds. The standard InChI is InChI=1S/C20H18Cl2IN3O4/c1-28-5-6-30-18-4-3-13(7-16(18)23)25-11-12(10-24)20(27)26-17-9-19(29-2)15(22)8-14(17)21/h3-4,7-9,11,25H,5-6H2,1-2H3,(H,26,27)/b12-11+. The summed E-state index contributed by atoms with van der Waals surface area (Å²) in [4.78, 5) is 12.5. The van der Waals surface area contributed by atoms with E-state index in [-0.39, 0.29) is 16.3 Å². The predicted octanol–water partition coefficient (Wildman–Crippen LogP) is 5.09. The van der Waals surface area contributed by atoms with Crippen molar-refractivity contribution in [2.45, 2.75) is 0 Å². The molecular weight excluding hydrogens is 544 g/mol. The maximum Gasteiger partial charge on any atom is 0.267 e. The number of amides is 1. The summed E-state index contributed by atoms with van der Waals surface area (Å²) in [6.07, 6.45) is 1.31. The number of methoxy groups -OCH3 is 2. The molecule has 0 bridgehead atoms. The van der Waals surface area contributed by atoms with Crippen molar-refractivity contribution >= 4 is 63.1 Å². The molecule has 0 fully saturated rings. The Morgan fingerprint density at radius 2 is 1.93 bits per heavy atom. The number of halogens is 3. The number of rotatable bonds is 9. The molecule has 2 rings (SSSR count). The number of nitrogens with zero attached hydrogens (tertiary/aromatic N) is 1. The number of nitrogens with one attached hydrogen (secondary N) is 2. The highest BCUT2D eigenvalue weighted by Crippen LogP contribution is 2.34. The van der Waals surface area contributed by atoms with Crippen molar-refractivity contribution in [3.05, 3.63) is 55.7 Å². The van der Waals surface area contributed by atoms with Gasteiger partial charge in [0.2, 0.25) is 0 Å². The number of carbonyl (C=O) groups is 1. The fourth-order valence-electron chi connectivity index (χ4n) is 2.22. The van der Waals surface area contributed by atoms with E-state index in [4.69, 9.17) is 37.4 Å². The van der Waals surface area contributed by atoms with Gasteiger partial charge in [-0.25, -0.2) is 0 Å². The molecule has 0 saturated heterocycles. The Labute approximate surface area is 198 Å². The van der Waals surface area contributed by atoms with Crippen molar-refractivity contribution < 1.29 is 19.0 Å². The first-order valence-corrected chi connectivity index (χ1v) is 10.4. The van der Waals surface area contributed by atoms with Gasteiger partial charge in [0.1, 0.15) is 29.7 Å². The minimum atomic E-state index is -0.634. The van der Waals surface area contributed by atoms with Gasteiger partial charge >= 0.3 is 0 Å². The molecule has 0 aromatic heterocycles. The second-order valence-corrected chi connectivity index (χ2v) is 7.70. The Morgan fingerprint density at radius 1 is 1.17 bits per heavy atom. The van der Waals surface area contributed by atoms with Crippen LogP contribution in [-0.4, -0.2) is 33.3 Å². The first kappa shape index (κ1) is 24.1. The van der Waals surface area contributed by atoms with E-state index in [0.717, 1.165) is 3.57 Å². The maximum absolute atomic E-state index is 12.5. The van der Waals surface area contributed by atoms with Gasteiger partial charge in [-0.1, -0.05) is 23.2 Å². The lowest BCUT2D eigenvalue weighted by atomic mass is 10.2. The highest BCUT2D eigenvalue weighted by Gasteiger charge is 2.14. The third kappa shape index (κ3) is 6.67. The van der Waals surface area contributed by atoms with Gasteiger partial charge in [-0.15, -0.1) is 0 Å². The van der Waals surface area contributed by atoms with E-state index in [9.17, 15) is 10.1 Å². The van der Waals surface area contributed by atoms with Gasteiger partial charge in [-0.3, -0.25) is 4.79 Å². The summed E-state index contributed by atoms with van der Waals surface area (Å²) >= 11 is 14.2. The van der Waals surface area contributed by atoms with E-state index in [1.807, 2.05) is 12.1 Å². The average Bonchev–Trinajstić information content (AvgIpc) is 2.72. The van der Waals surface area contributed by atoms with Crippen molar-refractivity contribution in [3.8, 4) is 17.6 Å². The SMILES string of the molecule is COCCOc1ccc(N/C=C(\C#N)C(=O)Nc2cc(OC)c(Cl)cc2Cl)cc1I. The van der Waals surface area contributed by atoms with E-state index in [0.29, 0.717) is 35.4 Å². The van der Waals surface area contributed by atoms with Crippen LogP contribution in [0.3, 0.4) is 0 Å². The van der Waals surface area contributed by atoms with Gasteiger partial charge in [0.25, 0.3) is 5.91 Å². The van der Waals surface area contributed by atoms with Crippen LogP contribution in [0.5, 0.6) is 11.5 Å². The summed E-state index contributed by atoms with van der Waals surface area (Å²) in [6.45, 7) is 0.930. The normalized spacial score (nSPS) is 10.9. The van der Waals surface area contributed by atoms with Gasteiger partial charge in [0, 0.05) is 25.1 Å². The Balaban J connectivity index is 2.10. The highest BCUT2D eigenvalue weighted by atomic mass is 127. The Morgan fingerprint density at radius 3 is 2.57 bits per heavy atom. The lowest BCUT2D eigenvalue weighted by Gasteiger charge is -2.11. The van der Waals surface area contributed by atoms with E-state index in [2.05, 4.69) is 33.2 Å². The first-order valence-electron chi connectivity index (χ1n) is 8.52. The largest absolute Gasteiger partial charge is 0.495 e. The molecule has 0 spiro atoms. The zero-order chi connectivity index (χ0) is 22.1. The molecule has 7 nitrogen and oxygen atoms in total. The van der Waals surface area contributed by atoms with E-state index >= 15 is 0 Å². The summed E-state index contributed by atoms with van der Waals surface area (Å²) in [6, 6.07) is 10.2. The number of carbonyl (C=O) groups excluding carboxylic acids is 1. The number of hydrogen-bond acceptors (Lipinski definition) is 6. The highest BCUT2D eigenvalue weighted by molar-refractivity contribution is 14.1. The van der Waals surface area contributed by atoms with Crippen molar-refractivity contribution in [1.82, 2.24) is 0 Å². The molecule has 0 aliphatic heterocycles. The Hall–Kier alpha value is -2.19. The van der Waals surface area contributed by atoms with E-state index in [1.165, 1.54) is 25.4 Å². The monoisotopic (exact) mass is 561 g/mol. The lowest BCUT2D eigenvalue weighted by molar-refractivity contribution is -0.112. The van der Waals surface area contributed by atoms with Gasteiger partial charge in [0.05, 0.1) is 33.0 Å². The molecule has 0 atom stereocenters. The van der Waals surface area contributed by atoms with Crippen LogP contribution in [0.25, 0.3) is 0 Å². The Kier molecular flexibility index (Phi) is 9.52. The summed E-state index contributed by atoms with van der Waals surface area (Å²) in [7, 11) is 3.05. The second-order valence-electron chi connectivity index (χ2n) is 5.72. The maximum atomic E-state index is 12.5. The minimum Gasteiger partial charge on any atom is -0.495 e. The third-order valence-corrected chi connectivity index (χ3v) is 5.17. The molecule has 0 heterocycles. The summed E-state index contributed by atoms with van der Waals surface area (Å²) in [5.74, 6) is 0.427. The zero-order valence-corrected chi connectivity index (χ0v) is 19.8. The third-order valence-electron chi connectivity index (χ3n) is 3.71. The number of ether oxygens (including phenoxy) is 3. The van der Waals surface area contributed by atoms with Crippen molar-refractivity contribution in [3.63, 3.8) is 0 Å². The van der Waals surface area contributed by atoms with Crippen LogP contribution >= 0.6 is 45.8 Å². The fourth-order valence-corrected chi connectivity index (χ4v) is 3.40. The van der Waals surface area contributed by atoms with E-state index < -0.39 is 5.91 Å². The van der Waals surface area contributed by atoms with Crippen LogP contribution in [-0.2, 0) is 9.53 Å². The van der Waals surface area contributed by atoms with Crippen LogP contribution in [0.2, 0.25) is 10.0 Å². The van der Waals surface area contributed by atoms with Crippen molar-refractivity contribution in [2.75, 3.05) is 38.1 Å². The lowest BCUT2D eigenvalue weighted by Crippen LogP contribution is -2.15. The molecule has 0 radical (unpaired) electrons. The molecule has 0 aliphatic carbocycles. The van der Waals surface area contributed by atoms with Crippen molar-refractivity contribution in [1.29, 1.82) is 5.26 Å². The summed E-state index contributed by atoms with van der Waals surface area (Å²) in [5, 5.41) is 15.4. The molecule has 0 unspecified atom stereocenters. The van der Waals surface area contributed by atoms with Gasteiger partial charge in [-0.05, 0) is 46.9 Å². The van der Waals surface area contributed by atoms with Crippen molar-refractivity contribution in [2.24, 2.45) is 0 Å². The average molecular weight is 562 g/mol. The van der Waals surface area contributed by atoms with Crippen LogP contribution < -0.4 is 20.1 Å².